The number of halogens is 1. The van der Waals surface area contributed by atoms with Gasteiger partial charge in [0.2, 0.25) is 6.79 Å². The molecule has 2 aliphatic rings. The van der Waals surface area contributed by atoms with Gasteiger partial charge >= 0.3 is 0 Å². The molecule has 0 atom stereocenters. The number of amides is 1. The number of ether oxygens (including phenoxy) is 2. The first kappa shape index (κ1) is 16.6. The smallest absolute Gasteiger partial charge is 0.266 e. The SMILES string of the molecule is O=C1C(=Cc2cccc(Br)c2)SC(=S)N1Cc1ccc2c(c1)OCO2. The molecule has 0 saturated carbocycles. The number of fused-ring (bicyclic) bond motifs is 1. The number of carbonyl (C=O) groups is 1. The Bertz CT molecular complexity index is 913. The monoisotopic (exact) mass is 433 g/mol. The maximum Gasteiger partial charge on any atom is 0.266 e. The third-order valence-electron chi connectivity index (χ3n) is 3.80. The van der Waals surface area contributed by atoms with Gasteiger partial charge in [0, 0.05) is 4.47 Å². The third-order valence-corrected chi connectivity index (χ3v) is 5.67. The molecule has 1 fully saturated rings. The number of nitrogens with zero attached hydrogens (tertiary/aromatic N) is 1. The summed E-state index contributed by atoms with van der Waals surface area (Å²) in [6.45, 7) is 0.645. The van der Waals surface area contributed by atoms with Gasteiger partial charge in [-0.3, -0.25) is 9.69 Å². The number of thioether (sulfide) groups is 1. The lowest BCUT2D eigenvalue weighted by molar-refractivity contribution is -0.122. The van der Waals surface area contributed by atoms with Crippen LogP contribution in [0.1, 0.15) is 11.1 Å². The lowest BCUT2D eigenvalue weighted by atomic mass is 10.2. The fourth-order valence-corrected chi connectivity index (χ4v) is 4.28. The molecule has 7 heteroatoms. The zero-order valence-electron chi connectivity index (χ0n) is 12.9. The van der Waals surface area contributed by atoms with Crippen LogP contribution in [0.5, 0.6) is 11.5 Å². The molecule has 4 rings (SSSR count). The summed E-state index contributed by atoms with van der Waals surface area (Å²) in [5.74, 6) is 1.35. The van der Waals surface area contributed by atoms with E-state index < -0.39 is 0 Å². The molecule has 0 spiro atoms. The van der Waals surface area contributed by atoms with E-state index in [-0.39, 0.29) is 12.7 Å². The molecular weight excluding hydrogens is 422 g/mol. The van der Waals surface area contributed by atoms with Crippen LogP contribution in [0.4, 0.5) is 0 Å². The summed E-state index contributed by atoms with van der Waals surface area (Å²) in [6.07, 6.45) is 1.86. The van der Waals surface area contributed by atoms with E-state index in [1.54, 1.807) is 4.90 Å². The fraction of sp³-hybridized carbons (Fsp3) is 0.111. The first-order valence-corrected chi connectivity index (χ1v) is 9.51. The minimum absolute atomic E-state index is 0.0763. The fourth-order valence-electron chi connectivity index (χ4n) is 2.61. The summed E-state index contributed by atoms with van der Waals surface area (Å²) >= 11 is 10.2. The maximum absolute atomic E-state index is 12.7. The summed E-state index contributed by atoms with van der Waals surface area (Å²) in [4.78, 5) is 15.0. The van der Waals surface area contributed by atoms with Crippen molar-refractivity contribution in [2.75, 3.05) is 6.79 Å². The Kier molecular flexibility index (Phi) is 4.54. The van der Waals surface area contributed by atoms with Crippen molar-refractivity contribution < 1.29 is 14.3 Å². The molecule has 25 heavy (non-hydrogen) atoms. The van der Waals surface area contributed by atoms with Crippen molar-refractivity contribution in [1.82, 2.24) is 4.90 Å². The largest absolute Gasteiger partial charge is 0.454 e. The van der Waals surface area contributed by atoms with E-state index in [4.69, 9.17) is 21.7 Å². The quantitative estimate of drug-likeness (QED) is 0.523. The molecule has 2 aromatic rings. The van der Waals surface area contributed by atoms with Gasteiger partial charge in [0.1, 0.15) is 4.32 Å². The summed E-state index contributed by atoms with van der Waals surface area (Å²) < 4.78 is 12.2. The second kappa shape index (κ2) is 6.82. The lowest BCUT2D eigenvalue weighted by Crippen LogP contribution is -2.27. The highest BCUT2D eigenvalue weighted by Gasteiger charge is 2.32. The molecule has 0 bridgehead atoms. The van der Waals surface area contributed by atoms with Crippen LogP contribution in [0.25, 0.3) is 6.08 Å². The summed E-state index contributed by atoms with van der Waals surface area (Å²) in [7, 11) is 0. The molecule has 0 N–H and O–H groups in total. The summed E-state index contributed by atoms with van der Waals surface area (Å²) in [5, 5.41) is 0. The molecule has 126 valence electrons. The molecule has 2 heterocycles. The van der Waals surface area contributed by atoms with Crippen molar-refractivity contribution in [2.45, 2.75) is 6.54 Å². The molecule has 1 saturated heterocycles. The predicted molar refractivity (Wildman–Crippen MR) is 105 cm³/mol. The minimum Gasteiger partial charge on any atom is -0.454 e. The Morgan fingerprint density at radius 2 is 2.04 bits per heavy atom. The molecule has 0 radical (unpaired) electrons. The highest BCUT2D eigenvalue weighted by Crippen LogP contribution is 2.36. The van der Waals surface area contributed by atoms with Gasteiger partial charge in [0.15, 0.2) is 11.5 Å². The van der Waals surface area contributed by atoms with Crippen LogP contribution in [0.15, 0.2) is 51.8 Å². The van der Waals surface area contributed by atoms with Crippen molar-refractivity contribution in [2.24, 2.45) is 0 Å². The van der Waals surface area contributed by atoms with E-state index in [9.17, 15) is 4.79 Å². The van der Waals surface area contributed by atoms with E-state index in [1.807, 2.05) is 48.5 Å². The lowest BCUT2D eigenvalue weighted by Gasteiger charge is -2.14. The van der Waals surface area contributed by atoms with Crippen LogP contribution in [0, 0.1) is 0 Å². The molecule has 0 aliphatic carbocycles. The predicted octanol–water partition coefficient (Wildman–Crippen LogP) is 4.58. The van der Waals surface area contributed by atoms with Crippen LogP contribution in [-0.4, -0.2) is 21.9 Å². The third kappa shape index (κ3) is 3.44. The first-order valence-electron chi connectivity index (χ1n) is 7.49. The van der Waals surface area contributed by atoms with Gasteiger partial charge in [-0.1, -0.05) is 58.1 Å². The first-order chi connectivity index (χ1) is 12.1. The number of hydrogen-bond donors (Lipinski definition) is 0. The number of rotatable bonds is 3. The second-order valence-electron chi connectivity index (χ2n) is 5.51. The normalized spacial score (nSPS) is 17.6. The van der Waals surface area contributed by atoms with E-state index in [1.165, 1.54) is 11.8 Å². The molecule has 2 aliphatic heterocycles. The van der Waals surface area contributed by atoms with Gasteiger partial charge < -0.3 is 9.47 Å². The summed E-state index contributed by atoms with van der Waals surface area (Å²) in [6, 6.07) is 13.5. The average molecular weight is 434 g/mol. The number of hydrogen-bond acceptors (Lipinski definition) is 5. The van der Waals surface area contributed by atoms with Crippen molar-refractivity contribution >= 4 is 56.2 Å². The van der Waals surface area contributed by atoms with Crippen molar-refractivity contribution in [3.05, 3.63) is 63.0 Å². The van der Waals surface area contributed by atoms with Gasteiger partial charge in [-0.2, -0.15) is 0 Å². The van der Waals surface area contributed by atoms with Gasteiger partial charge in [-0.25, -0.2) is 0 Å². The zero-order valence-corrected chi connectivity index (χ0v) is 16.1. The van der Waals surface area contributed by atoms with Crippen molar-refractivity contribution in [3.8, 4) is 11.5 Å². The van der Waals surface area contributed by atoms with Crippen LogP contribution >= 0.6 is 39.9 Å². The van der Waals surface area contributed by atoms with E-state index in [2.05, 4.69) is 15.9 Å². The number of benzene rings is 2. The second-order valence-corrected chi connectivity index (χ2v) is 8.10. The highest BCUT2D eigenvalue weighted by molar-refractivity contribution is 9.10. The van der Waals surface area contributed by atoms with Gasteiger partial charge in [-0.05, 0) is 41.5 Å². The van der Waals surface area contributed by atoms with E-state index in [0.717, 1.165) is 21.3 Å². The molecule has 0 unspecified atom stereocenters. The standard InChI is InChI=1S/C18H12BrNO3S2/c19-13-3-1-2-11(6-13)8-16-17(21)20(18(24)25-16)9-12-4-5-14-15(7-12)23-10-22-14/h1-8H,9-10H2. The Labute approximate surface area is 162 Å². The molecule has 0 aromatic heterocycles. The highest BCUT2D eigenvalue weighted by atomic mass is 79.9. The number of carbonyl (C=O) groups excluding carboxylic acids is 1. The minimum atomic E-state index is -0.0763. The van der Waals surface area contributed by atoms with Crippen molar-refractivity contribution in [1.29, 1.82) is 0 Å². The van der Waals surface area contributed by atoms with E-state index >= 15 is 0 Å². The molecule has 2 aromatic carbocycles. The average Bonchev–Trinajstić information content (AvgIpc) is 3.15. The summed E-state index contributed by atoms with van der Waals surface area (Å²) in [5.41, 5.74) is 1.90. The van der Waals surface area contributed by atoms with Gasteiger partial charge in [0.25, 0.3) is 5.91 Å². The molecule has 1 amide bonds. The van der Waals surface area contributed by atoms with Crippen LogP contribution < -0.4 is 9.47 Å². The van der Waals surface area contributed by atoms with Crippen LogP contribution in [-0.2, 0) is 11.3 Å². The Morgan fingerprint density at radius 1 is 1.20 bits per heavy atom. The Morgan fingerprint density at radius 3 is 2.88 bits per heavy atom. The molecular formula is C18H12BrNO3S2. The zero-order chi connectivity index (χ0) is 17.4. The van der Waals surface area contributed by atoms with Crippen LogP contribution in [0.2, 0.25) is 0 Å². The molecule has 4 nitrogen and oxygen atoms in total. The Hall–Kier alpha value is -1.83. The van der Waals surface area contributed by atoms with Crippen molar-refractivity contribution in [3.63, 3.8) is 0 Å². The van der Waals surface area contributed by atoms with E-state index in [0.29, 0.717) is 21.5 Å². The van der Waals surface area contributed by atoms with Crippen LogP contribution in [0.3, 0.4) is 0 Å². The topological polar surface area (TPSA) is 38.8 Å². The van der Waals surface area contributed by atoms with Gasteiger partial charge in [-0.15, -0.1) is 0 Å². The number of thiocarbonyl (C=S) groups is 1. The van der Waals surface area contributed by atoms with Gasteiger partial charge in [0.05, 0.1) is 11.4 Å². The Balaban J connectivity index is 1.55. The maximum atomic E-state index is 12.7.